The summed E-state index contributed by atoms with van der Waals surface area (Å²) in [5.74, 6) is -28.9. The van der Waals surface area contributed by atoms with Crippen molar-refractivity contribution in [1.82, 2.24) is 95.7 Å². The number of aliphatic hydroxyl groups excluding tert-OH is 2. The third-order valence-corrected chi connectivity index (χ3v) is 23.9. The van der Waals surface area contributed by atoms with Crippen molar-refractivity contribution >= 4 is 155 Å². The summed E-state index contributed by atoms with van der Waals surface area (Å²) < 4.78 is 5.66. The summed E-state index contributed by atoms with van der Waals surface area (Å²) in [5, 5.41) is 119. The standard InChI is InChI=1S/C95H145N23O29S/c1-12-49(8)77(90(144)118-78(50(9)120)91(145)115-67(45-148)80(134)105-42-75(131)132)117-89(143)65(38-74(129)130)113-82(136)56(25-17-18-30-101-60(33-46(2)3)76-68(121)39-95(10,11)40-69(76)122)107-81(135)57(26-19-31-102-92(97)98)108-85(139)61(34-47(4)5)106-71(124)41-104-79(133)66(43-119)114-86(140)62(35-48(6)7)110-88(142)64(37-73(127)128)112-84(138)59(28-29-72(125)126)109-87(141)63(36-70(96)123)111-83(137)58(27-20-32-103-93(99)100)116-94(146)147-44-55-53-23-15-13-21-51(53)52-22-14-16-24-54(52)55/h13-16,21-24,46-50,55-59,61-67,77-78,101,119-120,148H,12,17-20,25-45H2,1-11H3,(H2,96,123)(H,104,133)(H,105,134)(H,106,124)(H,107,135)(H,108,139)(H,109,141)(H,110,142)(H,111,137)(H,112,138)(H,113,136)(H,114,140)(H,115,145)(H,116,146)(H,117,143)(H,118,144)(H,125,126)(H,127,128)(H,129,130)(H,131,132)(H4,97,98,102)(H4,99,100,103)/t49-,50+,56-,57-,58-,59-,61-,62-,63-,64-,65-,66-,67-,77-,78-/m0/s1. The molecule has 1 fully saturated rings. The number of alkyl carbamates (subject to hydrolysis) is 1. The molecular weight excluding hydrogens is 1960 g/mol. The molecule has 16 amide bonds. The Morgan fingerprint density at radius 3 is 1.24 bits per heavy atom. The first-order chi connectivity index (χ1) is 69.5. The van der Waals surface area contributed by atoms with Crippen molar-refractivity contribution in [2.75, 3.05) is 51.7 Å². The molecule has 2 aromatic rings. The van der Waals surface area contributed by atoms with Crippen molar-refractivity contribution in [2.24, 2.45) is 46.3 Å². The van der Waals surface area contributed by atoms with Gasteiger partial charge in [-0.25, -0.2) is 4.79 Å². The first-order valence-electron chi connectivity index (χ1n) is 48.6. The van der Waals surface area contributed by atoms with Gasteiger partial charge in [0, 0.05) is 56.3 Å². The number of aliphatic hydroxyl groups is 2. The Bertz CT molecular complexity index is 5050. The highest BCUT2D eigenvalue weighted by Gasteiger charge is 2.43. The molecule has 0 spiro atoms. The molecule has 0 bridgehead atoms. The van der Waals surface area contributed by atoms with Gasteiger partial charge in [0.15, 0.2) is 23.5 Å². The molecule has 0 saturated heterocycles. The molecule has 15 atom stereocenters. The van der Waals surface area contributed by atoms with Crippen LogP contribution in [0, 0.1) is 39.9 Å². The number of amides is 16. The minimum atomic E-state index is -2.18. The summed E-state index contributed by atoms with van der Waals surface area (Å²) in [6.07, 6.45) is -8.71. The topological polar surface area (TPSA) is 848 Å². The molecule has 4 rings (SSSR count). The number of carboxylic acids is 4. The van der Waals surface area contributed by atoms with Crippen molar-refractivity contribution in [1.29, 1.82) is 10.8 Å². The smallest absolute Gasteiger partial charge is 0.407 e. The molecule has 0 heterocycles. The van der Waals surface area contributed by atoms with E-state index in [-0.39, 0.29) is 133 Å². The van der Waals surface area contributed by atoms with Crippen LogP contribution in [0.2, 0.25) is 0 Å². The quantitative estimate of drug-likeness (QED) is 0.00744. The van der Waals surface area contributed by atoms with E-state index in [1.807, 2.05) is 62.4 Å². The fourth-order valence-corrected chi connectivity index (χ4v) is 16.3. The van der Waals surface area contributed by atoms with Crippen molar-refractivity contribution in [3.8, 4) is 11.1 Å². The molecule has 820 valence electrons. The van der Waals surface area contributed by atoms with Crippen LogP contribution in [0.25, 0.3) is 11.1 Å². The number of primary amides is 1. The molecule has 2 aromatic carbocycles. The monoisotopic (exact) mass is 2100 g/mol. The lowest BCUT2D eigenvalue weighted by molar-refractivity contribution is -0.142. The average molecular weight is 2110 g/mol. The number of Topliss-reactive ketones (excluding diaryl/α,β-unsaturated/α-hetero) is 2. The number of carbonyl (C=O) groups is 22. The molecule has 2 aliphatic carbocycles. The normalized spacial score (nSPS) is 15.5. The molecular formula is C95H145N23O29S. The van der Waals surface area contributed by atoms with Gasteiger partial charge < -0.3 is 148 Å². The van der Waals surface area contributed by atoms with Crippen molar-refractivity contribution in [2.45, 2.75) is 282 Å². The van der Waals surface area contributed by atoms with Gasteiger partial charge in [0.05, 0.1) is 44.1 Å². The molecule has 2 aliphatic rings. The molecule has 0 unspecified atom stereocenters. The molecule has 53 heteroatoms. The number of hydrogen-bond donors (Lipinski definition) is 30. The van der Waals surface area contributed by atoms with Crippen LogP contribution >= 0.6 is 12.6 Å². The number of allylic oxidation sites excluding steroid dienone is 2. The van der Waals surface area contributed by atoms with Crippen LogP contribution in [-0.2, 0) is 105 Å². The number of carbonyl (C=O) groups excluding carboxylic acids is 18. The van der Waals surface area contributed by atoms with Gasteiger partial charge in [-0.1, -0.05) is 124 Å². The number of thiol groups is 1. The Morgan fingerprint density at radius 1 is 0.419 bits per heavy atom. The third kappa shape index (κ3) is 43.9. The van der Waals surface area contributed by atoms with Crippen LogP contribution in [0.1, 0.15) is 209 Å². The zero-order valence-corrected chi connectivity index (χ0v) is 85.6. The highest BCUT2D eigenvalue weighted by Crippen LogP contribution is 2.45. The van der Waals surface area contributed by atoms with Crippen LogP contribution in [0.3, 0.4) is 0 Å². The van der Waals surface area contributed by atoms with Gasteiger partial charge in [-0.05, 0) is 129 Å². The third-order valence-electron chi connectivity index (χ3n) is 23.6. The maximum atomic E-state index is 15.0. The summed E-state index contributed by atoms with van der Waals surface area (Å²) in [7, 11) is 0. The number of unbranched alkanes of at least 4 members (excludes halogenated alkanes) is 1. The Hall–Kier alpha value is -14.7. The first kappa shape index (κ1) is 126. The Morgan fingerprint density at radius 2 is 0.804 bits per heavy atom. The summed E-state index contributed by atoms with van der Waals surface area (Å²) in [4.78, 5) is 301. The molecule has 0 radical (unpaired) electrons. The van der Waals surface area contributed by atoms with E-state index < -0.39 is 302 Å². The lowest BCUT2D eigenvalue weighted by Crippen LogP contribution is -2.62. The van der Waals surface area contributed by atoms with E-state index in [4.69, 9.17) is 37.9 Å². The summed E-state index contributed by atoms with van der Waals surface area (Å²) in [6.45, 7) is 14.6. The highest BCUT2D eigenvalue weighted by molar-refractivity contribution is 7.80. The number of rotatable bonds is 66. The van der Waals surface area contributed by atoms with E-state index in [1.54, 1.807) is 48.5 Å². The second kappa shape index (κ2) is 62.3. The van der Waals surface area contributed by atoms with Crippen LogP contribution in [0.4, 0.5) is 4.79 Å². The van der Waals surface area contributed by atoms with Gasteiger partial charge in [0.1, 0.15) is 91.7 Å². The minimum absolute atomic E-state index is 0.00379. The lowest BCUT2D eigenvalue weighted by atomic mass is 9.73. The van der Waals surface area contributed by atoms with E-state index in [0.717, 1.165) is 29.2 Å². The Kier molecular flexibility index (Phi) is 52.9. The molecule has 32 N–H and O–H groups in total. The van der Waals surface area contributed by atoms with Crippen LogP contribution in [-0.4, -0.2) is 309 Å². The summed E-state index contributed by atoms with van der Waals surface area (Å²) in [5.41, 5.74) is 19.9. The Balaban J connectivity index is 1.61. The minimum Gasteiger partial charge on any atom is -0.481 e. The van der Waals surface area contributed by atoms with Crippen LogP contribution in [0.5, 0.6) is 0 Å². The van der Waals surface area contributed by atoms with Gasteiger partial charge in [-0.3, -0.25) is 112 Å². The number of fused-ring (bicyclic) bond motifs is 3. The number of ketones is 2. The van der Waals surface area contributed by atoms with Gasteiger partial charge in [0.25, 0.3) is 0 Å². The van der Waals surface area contributed by atoms with Gasteiger partial charge in [0.2, 0.25) is 88.6 Å². The van der Waals surface area contributed by atoms with E-state index in [0.29, 0.717) is 5.70 Å². The number of carboxylic acid groups (broad SMARTS) is 4. The fraction of sp³-hybridized carbons (Fsp3) is 0.600. The number of guanidine groups is 2. The van der Waals surface area contributed by atoms with Crippen LogP contribution in [0.15, 0.2) is 59.8 Å². The van der Waals surface area contributed by atoms with E-state index in [2.05, 4.69) is 108 Å². The fourth-order valence-electron chi connectivity index (χ4n) is 16.0. The van der Waals surface area contributed by atoms with Crippen LogP contribution < -0.4 is 113 Å². The SMILES string of the molecule is CC[C@H](C)[C@H](NC(=O)[C@H](CC(=O)O)NC(=O)[C@H](CCCCNC(CC(C)C)=C1C(=O)CC(C)(C)CC1=O)NC(=O)[C@H](CCCNC(=N)N)NC(=O)[C@H](CC(C)C)NC(=O)CNC(=O)[C@H](CO)NC(=O)[C@H](CC(C)C)NC(=O)[C@H](CC(=O)O)NC(=O)[C@H](CCC(=O)O)NC(=O)[C@H](CC(N)=O)NC(=O)[C@H](CCCNC(=N)N)NC(=O)OCC1c2ccccc2-c2ccccc21)C(=O)N[C@H](C(=O)N[C@@H](CS)C(=O)NCC(=O)O)[C@@H](C)O. The number of aliphatic carboxylic acids is 4. The zero-order valence-electron chi connectivity index (χ0n) is 84.7. The predicted octanol–water partition coefficient (Wildman–Crippen LogP) is -4.30. The molecule has 52 nitrogen and oxygen atoms in total. The highest BCUT2D eigenvalue weighted by atomic mass is 32.1. The second-order valence-electron chi connectivity index (χ2n) is 38.2. The van der Waals surface area contributed by atoms with Gasteiger partial charge >= 0.3 is 30.0 Å². The predicted molar refractivity (Wildman–Crippen MR) is 535 cm³/mol. The van der Waals surface area contributed by atoms with E-state index in [1.165, 1.54) is 6.92 Å². The molecule has 1 saturated carbocycles. The number of hydrogen-bond acceptors (Lipinski definition) is 29. The van der Waals surface area contributed by atoms with Gasteiger partial charge in [-0.2, -0.15) is 12.6 Å². The molecule has 148 heavy (non-hydrogen) atoms. The van der Waals surface area contributed by atoms with E-state index in [9.17, 15) is 126 Å². The Labute approximate surface area is 860 Å². The number of nitrogens with two attached hydrogens (primary N) is 3. The number of ether oxygens (including phenoxy) is 1. The second-order valence-corrected chi connectivity index (χ2v) is 38.6. The zero-order chi connectivity index (χ0) is 111. The van der Waals surface area contributed by atoms with E-state index >= 15 is 4.79 Å². The number of benzene rings is 2. The van der Waals surface area contributed by atoms with Gasteiger partial charge in [-0.15, -0.1) is 0 Å². The number of nitrogens with one attached hydrogen (secondary N) is 20. The summed E-state index contributed by atoms with van der Waals surface area (Å²) >= 11 is 4.04. The summed E-state index contributed by atoms with van der Waals surface area (Å²) in [6, 6.07) is -8.77. The molecule has 0 aromatic heterocycles. The maximum absolute atomic E-state index is 15.0. The average Bonchev–Trinajstić information content (AvgIpc) is 1.62. The maximum Gasteiger partial charge on any atom is 0.407 e. The molecule has 0 aliphatic heterocycles. The van der Waals surface area contributed by atoms with Crippen molar-refractivity contribution < 1.29 is 141 Å². The largest absolute Gasteiger partial charge is 0.481 e. The lowest BCUT2D eigenvalue weighted by Gasteiger charge is -2.30. The van der Waals surface area contributed by atoms with Crippen molar-refractivity contribution in [3.05, 3.63) is 70.9 Å². The first-order valence-corrected chi connectivity index (χ1v) is 49.2. The van der Waals surface area contributed by atoms with Crippen molar-refractivity contribution in [3.63, 3.8) is 0 Å².